The van der Waals surface area contributed by atoms with Crippen LogP contribution in [-0.2, 0) is 9.53 Å². The van der Waals surface area contributed by atoms with Crippen LogP contribution in [0.4, 0.5) is 0 Å². The lowest BCUT2D eigenvalue weighted by Crippen LogP contribution is -2.22. The Morgan fingerprint density at radius 1 is 1.58 bits per heavy atom. The number of nitrogens with zero attached hydrogens (tertiary/aromatic N) is 1. The molecule has 3 N–H and O–H groups in total. The molecule has 7 heteroatoms. The standard InChI is InChI=1S/C12H13ClN2O4/c1-19-9(17)4-8(16)11(18)6-5-15-12-10(6)7(13)2-3-14-12/h2-3,5,8,11,16,18H,4H2,1H3,(H,14,15). The van der Waals surface area contributed by atoms with E-state index < -0.39 is 18.2 Å². The van der Waals surface area contributed by atoms with Gasteiger partial charge in [0.05, 0.1) is 24.7 Å². The summed E-state index contributed by atoms with van der Waals surface area (Å²) in [5, 5.41) is 20.8. The second-order valence-corrected chi connectivity index (χ2v) is 4.46. The van der Waals surface area contributed by atoms with Crippen molar-refractivity contribution in [2.75, 3.05) is 7.11 Å². The number of aromatic amines is 1. The number of halogens is 1. The fraction of sp³-hybridized carbons (Fsp3) is 0.333. The number of aromatic nitrogens is 2. The SMILES string of the molecule is COC(=O)CC(O)C(O)c1c[nH]c2nccc(Cl)c12. The third kappa shape index (κ3) is 2.70. The molecule has 102 valence electrons. The number of esters is 1. The highest BCUT2D eigenvalue weighted by atomic mass is 35.5. The Kier molecular flexibility index (Phi) is 4.04. The third-order valence-corrected chi connectivity index (χ3v) is 3.15. The van der Waals surface area contributed by atoms with E-state index >= 15 is 0 Å². The largest absolute Gasteiger partial charge is 0.469 e. The van der Waals surface area contributed by atoms with Crippen molar-refractivity contribution in [3.05, 3.63) is 29.0 Å². The second-order valence-electron chi connectivity index (χ2n) is 4.05. The first kappa shape index (κ1) is 13.8. The zero-order valence-electron chi connectivity index (χ0n) is 10.1. The van der Waals surface area contributed by atoms with Gasteiger partial charge in [0, 0.05) is 23.3 Å². The number of hydrogen-bond donors (Lipinski definition) is 3. The summed E-state index contributed by atoms with van der Waals surface area (Å²) in [7, 11) is 1.22. The number of carbonyl (C=O) groups excluding carboxylic acids is 1. The van der Waals surface area contributed by atoms with Crippen molar-refractivity contribution in [1.82, 2.24) is 9.97 Å². The quantitative estimate of drug-likeness (QED) is 0.733. The van der Waals surface area contributed by atoms with E-state index in [2.05, 4.69) is 14.7 Å². The summed E-state index contributed by atoms with van der Waals surface area (Å²) in [5.74, 6) is -0.601. The first-order valence-corrected chi connectivity index (χ1v) is 5.96. The Morgan fingerprint density at radius 2 is 2.32 bits per heavy atom. The van der Waals surface area contributed by atoms with E-state index in [1.54, 1.807) is 6.07 Å². The number of aliphatic hydroxyl groups excluding tert-OH is 2. The van der Waals surface area contributed by atoms with Gasteiger partial charge in [-0.2, -0.15) is 0 Å². The fourth-order valence-electron chi connectivity index (χ4n) is 1.85. The lowest BCUT2D eigenvalue weighted by molar-refractivity contribution is -0.144. The highest BCUT2D eigenvalue weighted by Crippen LogP contribution is 2.31. The van der Waals surface area contributed by atoms with Crippen molar-refractivity contribution in [3.63, 3.8) is 0 Å². The van der Waals surface area contributed by atoms with Crippen LogP contribution in [0.15, 0.2) is 18.5 Å². The number of carbonyl (C=O) groups is 1. The average molecular weight is 285 g/mol. The van der Waals surface area contributed by atoms with Crippen LogP contribution >= 0.6 is 11.6 Å². The van der Waals surface area contributed by atoms with Crippen LogP contribution in [0.25, 0.3) is 11.0 Å². The zero-order chi connectivity index (χ0) is 14.0. The molecule has 2 atom stereocenters. The molecule has 2 rings (SSSR count). The number of hydrogen-bond acceptors (Lipinski definition) is 5. The number of ether oxygens (including phenoxy) is 1. The molecule has 19 heavy (non-hydrogen) atoms. The van der Waals surface area contributed by atoms with E-state index in [-0.39, 0.29) is 6.42 Å². The van der Waals surface area contributed by atoms with E-state index in [4.69, 9.17) is 11.6 Å². The Labute approximate surface area is 114 Å². The number of methoxy groups -OCH3 is 1. The third-order valence-electron chi connectivity index (χ3n) is 2.84. The van der Waals surface area contributed by atoms with Crippen LogP contribution < -0.4 is 0 Å². The lowest BCUT2D eigenvalue weighted by atomic mass is 10.0. The van der Waals surface area contributed by atoms with Crippen LogP contribution in [0, 0.1) is 0 Å². The van der Waals surface area contributed by atoms with E-state index in [9.17, 15) is 15.0 Å². The van der Waals surface area contributed by atoms with Crippen LogP contribution in [0.2, 0.25) is 5.02 Å². The summed E-state index contributed by atoms with van der Waals surface area (Å²) >= 11 is 6.04. The highest BCUT2D eigenvalue weighted by Gasteiger charge is 2.25. The van der Waals surface area contributed by atoms with Crippen LogP contribution in [0.1, 0.15) is 18.1 Å². The van der Waals surface area contributed by atoms with Gasteiger partial charge in [-0.1, -0.05) is 11.6 Å². The molecule has 0 aromatic carbocycles. The lowest BCUT2D eigenvalue weighted by Gasteiger charge is -2.16. The van der Waals surface area contributed by atoms with Gasteiger partial charge in [0.1, 0.15) is 11.8 Å². The Bertz CT molecular complexity index is 598. The average Bonchev–Trinajstić information content (AvgIpc) is 2.82. The normalized spacial score (nSPS) is 14.3. The molecule has 0 fully saturated rings. The molecular formula is C12H13ClN2O4. The van der Waals surface area contributed by atoms with E-state index in [0.717, 1.165) is 0 Å². The van der Waals surface area contributed by atoms with Gasteiger partial charge in [-0.15, -0.1) is 0 Å². The van der Waals surface area contributed by atoms with Crippen molar-refractivity contribution in [1.29, 1.82) is 0 Å². The topological polar surface area (TPSA) is 95.4 Å². The number of rotatable bonds is 4. The molecule has 0 saturated heterocycles. The molecule has 2 aromatic rings. The first-order valence-electron chi connectivity index (χ1n) is 5.59. The van der Waals surface area contributed by atoms with E-state index in [1.165, 1.54) is 19.5 Å². The Balaban J connectivity index is 2.31. The molecule has 0 amide bonds. The highest BCUT2D eigenvalue weighted by molar-refractivity contribution is 6.35. The van der Waals surface area contributed by atoms with Crippen LogP contribution in [-0.4, -0.2) is 39.4 Å². The van der Waals surface area contributed by atoms with Gasteiger partial charge in [0.2, 0.25) is 0 Å². The fourth-order valence-corrected chi connectivity index (χ4v) is 2.10. The number of fused-ring (bicyclic) bond motifs is 1. The van der Waals surface area contributed by atoms with Crippen LogP contribution in [0.5, 0.6) is 0 Å². The van der Waals surface area contributed by atoms with Crippen molar-refractivity contribution in [2.24, 2.45) is 0 Å². The molecular weight excluding hydrogens is 272 g/mol. The Morgan fingerprint density at radius 3 is 3.00 bits per heavy atom. The molecule has 0 radical (unpaired) electrons. The molecule has 2 heterocycles. The summed E-state index contributed by atoms with van der Waals surface area (Å²) in [4.78, 5) is 18.0. The predicted octanol–water partition coefficient (Wildman–Crippen LogP) is 1.17. The number of nitrogens with one attached hydrogen (secondary N) is 1. The van der Waals surface area contributed by atoms with Gasteiger partial charge in [-0.05, 0) is 6.07 Å². The molecule has 0 spiro atoms. The predicted molar refractivity (Wildman–Crippen MR) is 68.7 cm³/mol. The molecule has 6 nitrogen and oxygen atoms in total. The smallest absolute Gasteiger partial charge is 0.308 e. The summed E-state index contributed by atoms with van der Waals surface area (Å²) in [6.45, 7) is 0. The van der Waals surface area contributed by atoms with E-state index in [1.807, 2.05) is 0 Å². The molecule has 0 bridgehead atoms. The van der Waals surface area contributed by atoms with Crippen molar-refractivity contribution in [3.8, 4) is 0 Å². The van der Waals surface area contributed by atoms with Crippen LogP contribution in [0.3, 0.4) is 0 Å². The van der Waals surface area contributed by atoms with Gasteiger partial charge < -0.3 is 19.9 Å². The number of H-pyrrole nitrogens is 1. The minimum absolute atomic E-state index is 0.303. The molecule has 0 aliphatic carbocycles. The summed E-state index contributed by atoms with van der Waals surface area (Å²) < 4.78 is 4.44. The monoisotopic (exact) mass is 284 g/mol. The minimum Gasteiger partial charge on any atom is -0.469 e. The molecule has 0 saturated carbocycles. The molecule has 0 aliphatic rings. The second kappa shape index (κ2) is 5.56. The van der Waals surface area contributed by atoms with Gasteiger partial charge in [0.25, 0.3) is 0 Å². The Hall–Kier alpha value is -1.63. The molecule has 0 aliphatic heterocycles. The van der Waals surface area contributed by atoms with Gasteiger partial charge in [0.15, 0.2) is 0 Å². The van der Waals surface area contributed by atoms with Gasteiger partial charge in [-0.3, -0.25) is 4.79 Å². The van der Waals surface area contributed by atoms with Crippen molar-refractivity contribution >= 4 is 28.6 Å². The van der Waals surface area contributed by atoms with Gasteiger partial charge in [-0.25, -0.2) is 4.98 Å². The summed E-state index contributed by atoms with van der Waals surface area (Å²) in [5.41, 5.74) is 0.899. The zero-order valence-corrected chi connectivity index (χ0v) is 10.9. The first-order chi connectivity index (χ1) is 9.04. The minimum atomic E-state index is -1.28. The maximum absolute atomic E-state index is 11.1. The van der Waals surface area contributed by atoms with Gasteiger partial charge >= 0.3 is 5.97 Å². The number of aliphatic hydroxyl groups is 2. The summed E-state index contributed by atoms with van der Waals surface area (Å²) in [6.07, 6.45) is 0.205. The van der Waals surface area contributed by atoms with E-state index in [0.29, 0.717) is 21.6 Å². The number of pyridine rings is 1. The molecule has 2 unspecified atom stereocenters. The van der Waals surface area contributed by atoms with Crippen molar-refractivity contribution in [2.45, 2.75) is 18.6 Å². The maximum Gasteiger partial charge on any atom is 0.308 e. The van der Waals surface area contributed by atoms with Crippen molar-refractivity contribution < 1.29 is 19.7 Å². The maximum atomic E-state index is 11.1. The summed E-state index contributed by atoms with van der Waals surface area (Å²) in [6, 6.07) is 1.58. The molecule has 2 aromatic heterocycles.